The van der Waals surface area contributed by atoms with Gasteiger partial charge in [-0.15, -0.1) is 0 Å². The second kappa shape index (κ2) is 6.55. The highest BCUT2D eigenvalue weighted by molar-refractivity contribution is 7.90. The molecular formula is C13H25NO3S. The third kappa shape index (κ3) is 4.59. The molecule has 18 heavy (non-hydrogen) atoms. The third-order valence-electron chi connectivity index (χ3n) is 3.75. The quantitative estimate of drug-likeness (QED) is 0.767. The van der Waals surface area contributed by atoms with Crippen molar-refractivity contribution in [3.63, 3.8) is 0 Å². The normalized spacial score (nSPS) is 24.8. The fourth-order valence-corrected chi connectivity index (χ4v) is 4.05. The Hall–Kier alpha value is -0.580. The van der Waals surface area contributed by atoms with Gasteiger partial charge in [0.25, 0.3) is 0 Å². The van der Waals surface area contributed by atoms with Crippen LogP contribution >= 0.6 is 0 Å². The molecule has 1 amide bonds. The predicted octanol–water partition coefficient (Wildman–Crippen LogP) is 1.71. The number of hydrogen-bond acceptors (Lipinski definition) is 3. The highest BCUT2D eigenvalue weighted by atomic mass is 32.2. The van der Waals surface area contributed by atoms with Crippen LogP contribution in [-0.4, -0.2) is 44.3 Å². The fourth-order valence-electron chi connectivity index (χ4n) is 2.89. The van der Waals surface area contributed by atoms with Crippen LogP contribution in [0.2, 0.25) is 0 Å². The minimum atomic E-state index is -2.93. The lowest BCUT2D eigenvalue weighted by molar-refractivity contribution is -0.136. The van der Waals surface area contributed by atoms with Gasteiger partial charge in [-0.3, -0.25) is 4.79 Å². The molecule has 0 aromatic heterocycles. The fraction of sp³-hybridized carbons (Fsp3) is 0.923. The van der Waals surface area contributed by atoms with Crippen molar-refractivity contribution in [1.29, 1.82) is 0 Å². The Kier molecular flexibility index (Phi) is 5.63. The summed E-state index contributed by atoms with van der Waals surface area (Å²) in [5.74, 6) is 0.636. The van der Waals surface area contributed by atoms with Gasteiger partial charge in [0.1, 0.15) is 9.84 Å². The standard InChI is InChI=1S/C13H25NO3S/c1-4-14(5-2)13(15)12-8-6-7-11(9-12)10-18(3,16)17/h11-12H,4-10H2,1-3H3. The number of rotatable bonds is 5. The monoisotopic (exact) mass is 275 g/mol. The summed E-state index contributed by atoms with van der Waals surface area (Å²) in [6, 6.07) is 0. The van der Waals surface area contributed by atoms with Gasteiger partial charge < -0.3 is 4.90 Å². The van der Waals surface area contributed by atoms with Gasteiger partial charge in [0, 0.05) is 25.3 Å². The van der Waals surface area contributed by atoms with Crippen LogP contribution in [0.25, 0.3) is 0 Å². The molecule has 1 aliphatic carbocycles. The number of amides is 1. The van der Waals surface area contributed by atoms with Crippen molar-refractivity contribution < 1.29 is 13.2 Å². The van der Waals surface area contributed by atoms with E-state index in [2.05, 4.69) is 0 Å². The van der Waals surface area contributed by atoms with E-state index in [1.165, 1.54) is 6.26 Å². The number of nitrogens with zero attached hydrogens (tertiary/aromatic N) is 1. The molecule has 106 valence electrons. The molecule has 0 N–H and O–H groups in total. The van der Waals surface area contributed by atoms with E-state index in [0.717, 1.165) is 38.8 Å². The maximum Gasteiger partial charge on any atom is 0.225 e. The van der Waals surface area contributed by atoms with Crippen molar-refractivity contribution in [3.05, 3.63) is 0 Å². The van der Waals surface area contributed by atoms with Crippen LogP contribution in [-0.2, 0) is 14.6 Å². The maximum atomic E-state index is 12.2. The van der Waals surface area contributed by atoms with Gasteiger partial charge in [0.15, 0.2) is 0 Å². The van der Waals surface area contributed by atoms with Gasteiger partial charge in [-0.2, -0.15) is 0 Å². The Morgan fingerprint density at radius 2 is 1.83 bits per heavy atom. The number of hydrogen-bond donors (Lipinski definition) is 0. The molecule has 2 unspecified atom stereocenters. The van der Waals surface area contributed by atoms with Gasteiger partial charge in [0.2, 0.25) is 5.91 Å². The van der Waals surface area contributed by atoms with Gasteiger partial charge >= 0.3 is 0 Å². The predicted molar refractivity (Wildman–Crippen MR) is 73.1 cm³/mol. The van der Waals surface area contributed by atoms with Gasteiger partial charge in [-0.25, -0.2) is 8.42 Å². The van der Waals surface area contributed by atoms with Crippen LogP contribution in [0, 0.1) is 11.8 Å². The minimum absolute atomic E-state index is 0.0328. The molecule has 5 heteroatoms. The third-order valence-corrected chi connectivity index (χ3v) is 4.82. The van der Waals surface area contributed by atoms with E-state index in [4.69, 9.17) is 0 Å². The molecule has 0 saturated heterocycles. The summed E-state index contributed by atoms with van der Waals surface area (Å²) >= 11 is 0. The Morgan fingerprint density at radius 3 is 2.33 bits per heavy atom. The lowest BCUT2D eigenvalue weighted by Gasteiger charge is -2.31. The van der Waals surface area contributed by atoms with Crippen LogP contribution in [0.5, 0.6) is 0 Å². The second-order valence-electron chi connectivity index (χ2n) is 5.33. The van der Waals surface area contributed by atoms with E-state index in [9.17, 15) is 13.2 Å². The topological polar surface area (TPSA) is 54.5 Å². The van der Waals surface area contributed by atoms with Crippen molar-refractivity contribution in [3.8, 4) is 0 Å². The Bertz CT molecular complexity index is 374. The van der Waals surface area contributed by atoms with Gasteiger partial charge in [-0.1, -0.05) is 6.42 Å². The van der Waals surface area contributed by atoms with Crippen molar-refractivity contribution in [1.82, 2.24) is 4.90 Å². The van der Waals surface area contributed by atoms with Gasteiger partial charge in [0.05, 0.1) is 5.75 Å². The van der Waals surface area contributed by atoms with Crippen LogP contribution in [0.4, 0.5) is 0 Å². The average molecular weight is 275 g/mol. The van der Waals surface area contributed by atoms with Crippen LogP contribution in [0.1, 0.15) is 39.5 Å². The van der Waals surface area contributed by atoms with E-state index in [1.807, 2.05) is 18.7 Å². The van der Waals surface area contributed by atoms with Crippen molar-refractivity contribution in [2.75, 3.05) is 25.1 Å². The van der Waals surface area contributed by atoms with Crippen LogP contribution in [0.3, 0.4) is 0 Å². The molecule has 0 aromatic carbocycles. The smallest absolute Gasteiger partial charge is 0.225 e. The second-order valence-corrected chi connectivity index (χ2v) is 7.52. The molecule has 0 aliphatic heterocycles. The first kappa shape index (κ1) is 15.5. The molecule has 0 radical (unpaired) electrons. The number of carbonyl (C=O) groups is 1. The molecule has 4 nitrogen and oxygen atoms in total. The van der Waals surface area contributed by atoms with E-state index in [1.54, 1.807) is 0 Å². The van der Waals surface area contributed by atoms with E-state index < -0.39 is 9.84 Å². The molecule has 2 atom stereocenters. The first-order valence-electron chi connectivity index (χ1n) is 6.83. The van der Waals surface area contributed by atoms with Crippen LogP contribution in [0.15, 0.2) is 0 Å². The molecule has 0 heterocycles. The Morgan fingerprint density at radius 1 is 1.22 bits per heavy atom. The largest absolute Gasteiger partial charge is 0.343 e. The van der Waals surface area contributed by atoms with E-state index in [0.29, 0.717) is 0 Å². The van der Waals surface area contributed by atoms with Crippen molar-refractivity contribution in [2.45, 2.75) is 39.5 Å². The molecule has 0 bridgehead atoms. The minimum Gasteiger partial charge on any atom is -0.343 e. The zero-order chi connectivity index (χ0) is 13.8. The number of sulfone groups is 1. The van der Waals surface area contributed by atoms with E-state index >= 15 is 0 Å². The van der Waals surface area contributed by atoms with Crippen molar-refractivity contribution >= 4 is 15.7 Å². The zero-order valence-electron chi connectivity index (χ0n) is 11.7. The summed E-state index contributed by atoms with van der Waals surface area (Å²) < 4.78 is 22.7. The highest BCUT2D eigenvalue weighted by Crippen LogP contribution is 2.31. The van der Waals surface area contributed by atoms with Crippen LogP contribution < -0.4 is 0 Å². The van der Waals surface area contributed by atoms with Crippen molar-refractivity contribution in [2.24, 2.45) is 11.8 Å². The summed E-state index contributed by atoms with van der Waals surface area (Å²) in [6.07, 6.45) is 4.84. The molecule has 1 rings (SSSR count). The summed E-state index contributed by atoms with van der Waals surface area (Å²) in [5.41, 5.74) is 0. The summed E-state index contributed by atoms with van der Waals surface area (Å²) in [5, 5.41) is 0. The molecular weight excluding hydrogens is 250 g/mol. The first-order valence-corrected chi connectivity index (χ1v) is 8.90. The molecule has 1 saturated carbocycles. The molecule has 1 fully saturated rings. The van der Waals surface area contributed by atoms with Gasteiger partial charge in [-0.05, 0) is 39.0 Å². The summed E-state index contributed by atoms with van der Waals surface area (Å²) in [6.45, 7) is 5.45. The highest BCUT2D eigenvalue weighted by Gasteiger charge is 2.30. The molecule has 1 aliphatic rings. The Labute approximate surface area is 111 Å². The number of carbonyl (C=O) groups excluding carboxylic acids is 1. The molecule has 0 spiro atoms. The summed E-state index contributed by atoms with van der Waals surface area (Å²) in [4.78, 5) is 14.1. The first-order chi connectivity index (χ1) is 8.37. The average Bonchev–Trinajstić information content (AvgIpc) is 2.28. The maximum absolute atomic E-state index is 12.2. The Balaban J connectivity index is 2.61. The lowest BCUT2D eigenvalue weighted by Crippen LogP contribution is -2.38. The zero-order valence-corrected chi connectivity index (χ0v) is 12.5. The summed E-state index contributed by atoms with van der Waals surface area (Å²) in [7, 11) is -2.93. The molecule has 0 aromatic rings. The van der Waals surface area contributed by atoms with E-state index in [-0.39, 0.29) is 23.5 Å². The SMILES string of the molecule is CCN(CC)C(=O)C1CCCC(CS(C)(=O)=O)C1. The lowest BCUT2D eigenvalue weighted by atomic mass is 9.81.